The minimum absolute atomic E-state index is 0.00188. The number of ether oxygens (including phenoxy) is 3. The predicted octanol–water partition coefficient (Wildman–Crippen LogP) is 7.40. The maximum atomic E-state index is 13.0. The molecular weight excluding hydrogens is 546 g/mol. The Balaban J connectivity index is 1.55. The van der Waals surface area contributed by atoms with Crippen molar-refractivity contribution in [2.75, 3.05) is 18.5 Å². The van der Waals surface area contributed by atoms with Crippen molar-refractivity contribution in [2.24, 2.45) is 0 Å². The number of nitrogens with one attached hydrogen (secondary N) is 1. The van der Waals surface area contributed by atoms with Gasteiger partial charge in [0.1, 0.15) is 11.4 Å². The van der Waals surface area contributed by atoms with E-state index in [1.165, 1.54) is 4.57 Å². The van der Waals surface area contributed by atoms with E-state index < -0.39 is 11.7 Å². The van der Waals surface area contributed by atoms with Crippen LogP contribution >= 0.6 is 0 Å². The molecule has 9 heteroatoms. The molecule has 9 nitrogen and oxygen atoms in total. The Morgan fingerprint density at radius 2 is 1.53 bits per heavy atom. The van der Waals surface area contributed by atoms with Crippen LogP contribution in [0.2, 0.25) is 0 Å². The molecule has 1 N–H and O–H groups in total. The Kier molecular flexibility index (Phi) is 9.98. The Hall–Kier alpha value is -4.92. The molecule has 0 saturated carbocycles. The summed E-state index contributed by atoms with van der Waals surface area (Å²) in [4.78, 5) is 43.5. The van der Waals surface area contributed by atoms with Gasteiger partial charge in [-0.3, -0.25) is 14.2 Å². The summed E-state index contributed by atoms with van der Waals surface area (Å²) in [6, 6.07) is 21.6. The van der Waals surface area contributed by atoms with Gasteiger partial charge in [-0.2, -0.15) is 0 Å². The van der Waals surface area contributed by atoms with Crippen LogP contribution in [0.5, 0.6) is 11.5 Å². The van der Waals surface area contributed by atoms with Crippen LogP contribution in [0.1, 0.15) is 57.8 Å². The van der Waals surface area contributed by atoms with Crippen molar-refractivity contribution in [3.63, 3.8) is 0 Å². The molecule has 0 atom stereocenters. The summed E-state index contributed by atoms with van der Waals surface area (Å²) in [5.74, 6) is 0.795. The number of hydrogen-bond acceptors (Lipinski definition) is 7. The number of ketones is 1. The standard InChI is InChI=1S/C34H37N3O6/c1-6-41-29-17-15-24(21-30(29)42-7-2)28(38)16-18-32(39)36-31-22-25(20-26(35-31)23-12-9-8-10-13-23)27-14-11-19-37(27)33(40)43-34(3,4)5/h8-15,17,19-22H,6-7,16,18H2,1-5H3,(H,35,36,39). The quantitative estimate of drug-likeness (QED) is 0.183. The molecule has 0 saturated heterocycles. The van der Waals surface area contributed by atoms with Gasteiger partial charge in [0.25, 0.3) is 0 Å². The van der Waals surface area contributed by atoms with Gasteiger partial charge in [-0.1, -0.05) is 30.3 Å². The Labute approximate surface area is 251 Å². The van der Waals surface area contributed by atoms with Crippen LogP contribution < -0.4 is 14.8 Å². The van der Waals surface area contributed by atoms with Gasteiger partial charge in [-0.15, -0.1) is 0 Å². The lowest BCUT2D eigenvalue weighted by Crippen LogP contribution is -2.27. The van der Waals surface area contributed by atoms with Crippen LogP contribution in [0.3, 0.4) is 0 Å². The van der Waals surface area contributed by atoms with Gasteiger partial charge in [-0.25, -0.2) is 9.78 Å². The molecule has 0 bridgehead atoms. The summed E-state index contributed by atoms with van der Waals surface area (Å²) in [5.41, 5.74) is 2.46. The SMILES string of the molecule is CCOc1ccc(C(=O)CCC(=O)Nc2cc(-c3cccn3C(=O)OC(C)(C)C)cc(-c3ccccc3)n2)cc1OCC. The highest BCUT2D eigenvalue weighted by Gasteiger charge is 2.21. The van der Waals surface area contributed by atoms with Crippen LogP contribution in [0.15, 0.2) is 79.0 Å². The third kappa shape index (κ3) is 8.31. The minimum Gasteiger partial charge on any atom is -0.490 e. The molecule has 0 aliphatic heterocycles. The minimum atomic E-state index is -0.668. The zero-order valence-electron chi connectivity index (χ0n) is 25.2. The van der Waals surface area contributed by atoms with E-state index >= 15 is 0 Å². The van der Waals surface area contributed by atoms with E-state index in [1.807, 2.05) is 50.2 Å². The van der Waals surface area contributed by atoms with Crippen molar-refractivity contribution in [3.8, 4) is 34.0 Å². The monoisotopic (exact) mass is 583 g/mol. The first-order valence-electron chi connectivity index (χ1n) is 14.3. The van der Waals surface area contributed by atoms with Crippen LogP contribution in [-0.4, -0.2) is 46.1 Å². The van der Waals surface area contributed by atoms with E-state index in [1.54, 1.807) is 63.4 Å². The molecule has 0 spiro atoms. The molecule has 1 amide bonds. The molecule has 4 aromatic rings. The van der Waals surface area contributed by atoms with E-state index in [-0.39, 0.29) is 24.5 Å². The van der Waals surface area contributed by atoms with Gasteiger partial charge >= 0.3 is 6.09 Å². The fraction of sp³-hybridized carbons (Fsp3) is 0.294. The summed E-state index contributed by atoms with van der Waals surface area (Å²) in [6.45, 7) is 10.1. The third-order valence-electron chi connectivity index (χ3n) is 6.24. The molecule has 43 heavy (non-hydrogen) atoms. The summed E-state index contributed by atoms with van der Waals surface area (Å²) in [5, 5.41) is 2.83. The second kappa shape index (κ2) is 13.8. The second-order valence-electron chi connectivity index (χ2n) is 10.7. The number of aromatic nitrogens is 2. The normalized spacial score (nSPS) is 11.1. The number of amides is 1. The first kappa shape index (κ1) is 31.0. The third-order valence-corrected chi connectivity index (χ3v) is 6.24. The lowest BCUT2D eigenvalue weighted by Gasteiger charge is -2.20. The molecule has 2 aromatic carbocycles. The number of pyridine rings is 1. The van der Waals surface area contributed by atoms with Crippen molar-refractivity contribution < 1.29 is 28.6 Å². The highest BCUT2D eigenvalue weighted by Crippen LogP contribution is 2.30. The summed E-state index contributed by atoms with van der Waals surface area (Å²) in [6.07, 6.45) is 1.07. The van der Waals surface area contributed by atoms with Gasteiger partial charge in [0.2, 0.25) is 5.91 Å². The highest BCUT2D eigenvalue weighted by atomic mass is 16.6. The molecular formula is C34H37N3O6. The van der Waals surface area contributed by atoms with E-state index in [4.69, 9.17) is 14.2 Å². The first-order valence-corrected chi connectivity index (χ1v) is 14.3. The van der Waals surface area contributed by atoms with E-state index in [0.29, 0.717) is 53.0 Å². The van der Waals surface area contributed by atoms with Crippen molar-refractivity contribution in [1.82, 2.24) is 9.55 Å². The number of benzene rings is 2. The first-order chi connectivity index (χ1) is 20.6. The number of carbonyl (C=O) groups excluding carboxylic acids is 3. The summed E-state index contributed by atoms with van der Waals surface area (Å²) < 4.78 is 18.2. The van der Waals surface area contributed by atoms with E-state index in [0.717, 1.165) is 5.56 Å². The number of nitrogens with zero attached hydrogens (tertiary/aromatic N) is 2. The lowest BCUT2D eigenvalue weighted by molar-refractivity contribution is -0.116. The molecule has 0 unspecified atom stereocenters. The fourth-order valence-electron chi connectivity index (χ4n) is 4.39. The molecule has 2 aromatic heterocycles. The maximum absolute atomic E-state index is 13.0. The second-order valence-corrected chi connectivity index (χ2v) is 10.7. The van der Waals surface area contributed by atoms with Gasteiger partial charge in [0.05, 0.1) is 24.6 Å². The lowest BCUT2D eigenvalue weighted by atomic mass is 10.1. The zero-order valence-corrected chi connectivity index (χ0v) is 25.2. The smallest absolute Gasteiger partial charge is 0.418 e. The van der Waals surface area contributed by atoms with E-state index in [2.05, 4.69) is 10.3 Å². The van der Waals surface area contributed by atoms with Crippen molar-refractivity contribution in [2.45, 2.75) is 53.1 Å². The molecule has 0 radical (unpaired) electrons. The van der Waals surface area contributed by atoms with Gasteiger partial charge in [0, 0.05) is 35.7 Å². The van der Waals surface area contributed by atoms with Crippen LogP contribution in [0, 0.1) is 0 Å². The maximum Gasteiger partial charge on any atom is 0.418 e. The number of hydrogen-bond donors (Lipinski definition) is 1. The van der Waals surface area contributed by atoms with Gasteiger partial charge in [-0.05, 0) is 77.1 Å². The Bertz CT molecular complexity index is 1590. The zero-order chi connectivity index (χ0) is 31.0. The van der Waals surface area contributed by atoms with Crippen molar-refractivity contribution in [1.29, 1.82) is 0 Å². The molecule has 4 rings (SSSR count). The number of carbonyl (C=O) groups is 3. The van der Waals surface area contributed by atoms with E-state index in [9.17, 15) is 14.4 Å². The predicted molar refractivity (Wildman–Crippen MR) is 166 cm³/mol. The van der Waals surface area contributed by atoms with Crippen molar-refractivity contribution >= 4 is 23.6 Å². The van der Waals surface area contributed by atoms with Crippen LogP contribution in [0.25, 0.3) is 22.5 Å². The Morgan fingerprint density at radius 3 is 2.23 bits per heavy atom. The number of rotatable bonds is 11. The average Bonchev–Trinajstić information content (AvgIpc) is 3.47. The summed E-state index contributed by atoms with van der Waals surface area (Å²) >= 11 is 0. The van der Waals surface area contributed by atoms with Gasteiger partial charge < -0.3 is 19.5 Å². The molecule has 0 fully saturated rings. The number of Topliss-reactive ketones (excluding diaryl/α,β-unsaturated/α-hetero) is 1. The summed E-state index contributed by atoms with van der Waals surface area (Å²) in [7, 11) is 0. The fourth-order valence-corrected chi connectivity index (χ4v) is 4.39. The highest BCUT2D eigenvalue weighted by molar-refractivity contribution is 6.00. The molecule has 224 valence electrons. The Morgan fingerprint density at radius 1 is 0.814 bits per heavy atom. The largest absolute Gasteiger partial charge is 0.490 e. The van der Waals surface area contributed by atoms with Gasteiger partial charge in [0.15, 0.2) is 17.3 Å². The molecule has 0 aliphatic rings. The molecule has 0 aliphatic carbocycles. The number of anilines is 1. The van der Waals surface area contributed by atoms with Crippen LogP contribution in [-0.2, 0) is 9.53 Å². The average molecular weight is 584 g/mol. The molecule has 2 heterocycles. The van der Waals surface area contributed by atoms with Crippen molar-refractivity contribution in [3.05, 3.63) is 84.6 Å². The van der Waals surface area contributed by atoms with Crippen LogP contribution in [0.4, 0.5) is 10.6 Å². The topological polar surface area (TPSA) is 109 Å².